The fourth-order valence-corrected chi connectivity index (χ4v) is 2.82. The van der Waals surface area contributed by atoms with Crippen LogP contribution in [0.25, 0.3) is 0 Å². The van der Waals surface area contributed by atoms with Crippen LogP contribution in [-0.4, -0.2) is 31.2 Å². The summed E-state index contributed by atoms with van der Waals surface area (Å²) < 4.78 is 0. The monoisotopic (exact) mass is 242 g/mol. The summed E-state index contributed by atoms with van der Waals surface area (Å²) >= 11 is 0. The van der Waals surface area contributed by atoms with Gasteiger partial charge in [0.2, 0.25) is 0 Å². The summed E-state index contributed by atoms with van der Waals surface area (Å²) in [6.45, 7) is 4.26. The Bertz CT molecular complexity index is 465. The van der Waals surface area contributed by atoms with Gasteiger partial charge in [0.25, 0.3) is 0 Å². The summed E-state index contributed by atoms with van der Waals surface area (Å²) in [5.74, 6) is 1.92. The average Bonchev–Trinajstić information content (AvgIpc) is 3.11. The molecule has 2 fully saturated rings. The summed E-state index contributed by atoms with van der Waals surface area (Å²) in [5, 5.41) is 9.20. The maximum atomic E-state index is 9.20. The molecule has 2 aliphatic rings. The summed E-state index contributed by atoms with van der Waals surface area (Å²) in [5.41, 5.74) is 0.708. The van der Waals surface area contributed by atoms with Crippen LogP contribution in [0.4, 0.5) is 11.6 Å². The van der Waals surface area contributed by atoms with Crippen molar-refractivity contribution < 1.29 is 0 Å². The highest BCUT2D eigenvalue weighted by Gasteiger charge is 2.20. The molecular weight excluding hydrogens is 224 g/mol. The smallest absolute Gasteiger partial charge is 0.148 e. The minimum absolute atomic E-state index is 0.708. The molecule has 0 unspecified atom stereocenters. The third kappa shape index (κ3) is 2.01. The van der Waals surface area contributed by atoms with E-state index in [0.29, 0.717) is 5.56 Å². The molecule has 0 saturated carbocycles. The molecule has 0 aliphatic carbocycles. The van der Waals surface area contributed by atoms with Crippen LogP contribution in [0.15, 0.2) is 12.1 Å². The number of anilines is 2. The number of nitrogens with zero attached hydrogens (tertiary/aromatic N) is 4. The number of aromatic nitrogens is 1. The zero-order chi connectivity index (χ0) is 12.4. The molecule has 1 aromatic heterocycles. The van der Waals surface area contributed by atoms with E-state index in [4.69, 9.17) is 4.98 Å². The first-order chi connectivity index (χ1) is 8.88. The molecule has 0 radical (unpaired) electrons. The predicted octanol–water partition coefficient (Wildman–Crippen LogP) is 2.15. The maximum Gasteiger partial charge on any atom is 0.148 e. The highest BCUT2D eigenvalue weighted by molar-refractivity contribution is 5.59. The van der Waals surface area contributed by atoms with Crippen molar-refractivity contribution in [3.63, 3.8) is 0 Å². The fourth-order valence-electron chi connectivity index (χ4n) is 2.82. The van der Waals surface area contributed by atoms with Crippen LogP contribution >= 0.6 is 0 Å². The van der Waals surface area contributed by atoms with Crippen LogP contribution in [0.1, 0.15) is 31.2 Å². The summed E-state index contributed by atoms with van der Waals surface area (Å²) in [6.07, 6.45) is 4.92. The van der Waals surface area contributed by atoms with E-state index in [0.717, 1.165) is 37.8 Å². The van der Waals surface area contributed by atoms with Gasteiger partial charge in [0, 0.05) is 26.2 Å². The van der Waals surface area contributed by atoms with Crippen molar-refractivity contribution >= 4 is 11.6 Å². The van der Waals surface area contributed by atoms with Crippen LogP contribution in [0, 0.1) is 11.3 Å². The van der Waals surface area contributed by atoms with Crippen LogP contribution in [-0.2, 0) is 0 Å². The second-order valence-corrected chi connectivity index (χ2v) is 5.04. The molecule has 2 aliphatic heterocycles. The van der Waals surface area contributed by atoms with E-state index in [-0.39, 0.29) is 0 Å². The Morgan fingerprint density at radius 1 is 0.944 bits per heavy atom. The van der Waals surface area contributed by atoms with Gasteiger partial charge in [-0.15, -0.1) is 0 Å². The van der Waals surface area contributed by atoms with Gasteiger partial charge in [0.15, 0.2) is 0 Å². The molecular formula is C14H18N4. The second kappa shape index (κ2) is 4.85. The normalized spacial score (nSPS) is 19.3. The summed E-state index contributed by atoms with van der Waals surface area (Å²) in [7, 11) is 0. The summed E-state index contributed by atoms with van der Waals surface area (Å²) in [4.78, 5) is 9.31. The van der Waals surface area contributed by atoms with E-state index in [1.54, 1.807) is 0 Å². The van der Waals surface area contributed by atoms with Crippen molar-refractivity contribution in [1.82, 2.24) is 4.98 Å². The molecule has 3 rings (SSSR count). The van der Waals surface area contributed by atoms with Gasteiger partial charge in [-0.3, -0.25) is 0 Å². The number of nitriles is 1. The largest absolute Gasteiger partial charge is 0.357 e. The van der Waals surface area contributed by atoms with E-state index >= 15 is 0 Å². The highest BCUT2D eigenvalue weighted by Crippen LogP contribution is 2.26. The van der Waals surface area contributed by atoms with Crippen molar-refractivity contribution in [1.29, 1.82) is 5.26 Å². The zero-order valence-corrected chi connectivity index (χ0v) is 10.6. The molecule has 4 heteroatoms. The molecule has 4 nitrogen and oxygen atoms in total. The van der Waals surface area contributed by atoms with E-state index in [2.05, 4.69) is 15.9 Å². The SMILES string of the molecule is N#Cc1ccc(N2CCCC2)nc1N1CCCC1. The Kier molecular flexibility index (Phi) is 3.06. The topological polar surface area (TPSA) is 43.2 Å². The van der Waals surface area contributed by atoms with E-state index in [1.165, 1.54) is 25.7 Å². The molecule has 0 bridgehead atoms. The fraction of sp³-hybridized carbons (Fsp3) is 0.571. The maximum absolute atomic E-state index is 9.20. The Morgan fingerprint density at radius 2 is 1.56 bits per heavy atom. The molecule has 2 saturated heterocycles. The number of hydrogen-bond acceptors (Lipinski definition) is 4. The first-order valence-corrected chi connectivity index (χ1v) is 6.79. The molecule has 1 aromatic rings. The van der Waals surface area contributed by atoms with Gasteiger partial charge in [-0.2, -0.15) is 5.26 Å². The molecule has 3 heterocycles. The lowest BCUT2D eigenvalue weighted by atomic mass is 10.2. The van der Waals surface area contributed by atoms with Gasteiger partial charge in [-0.1, -0.05) is 0 Å². The third-order valence-corrected chi connectivity index (χ3v) is 3.82. The minimum atomic E-state index is 0.708. The van der Waals surface area contributed by atoms with Gasteiger partial charge in [0.05, 0.1) is 5.56 Å². The van der Waals surface area contributed by atoms with Gasteiger partial charge >= 0.3 is 0 Å². The highest BCUT2D eigenvalue weighted by atomic mass is 15.3. The van der Waals surface area contributed by atoms with Crippen molar-refractivity contribution in [3.05, 3.63) is 17.7 Å². The zero-order valence-electron chi connectivity index (χ0n) is 10.6. The van der Waals surface area contributed by atoms with E-state index < -0.39 is 0 Å². The number of hydrogen-bond donors (Lipinski definition) is 0. The van der Waals surface area contributed by atoms with Gasteiger partial charge in [-0.05, 0) is 37.8 Å². The number of pyridine rings is 1. The molecule has 0 spiro atoms. The Morgan fingerprint density at radius 3 is 2.17 bits per heavy atom. The first-order valence-electron chi connectivity index (χ1n) is 6.79. The second-order valence-electron chi connectivity index (χ2n) is 5.04. The van der Waals surface area contributed by atoms with E-state index in [1.807, 2.05) is 12.1 Å². The van der Waals surface area contributed by atoms with Gasteiger partial charge in [-0.25, -0.2) is 4.98 Å². The van der Waals surface area contributed by atoms with E-state index in [9.17, 15) is 5.26 Å². The lowest BCUT2D eigenvalue weighted by Crippen LogP contribution is -2.23. The predicted molar refractivity (Wildman–Crippen MR) is 71.8 cm³/mol. The van der Waals surface area contributed by atoms with Crippen LogP contribution in [0.5, 0.6) is 0 Å². The standard InChI is InChI=1S/C14H18N4/c15-11-12-5-6-13(17-7-1-2-8-17)16-14(12)18-9-3-4-10-18/h5-6H,1-4,7-10H2. The first kappa shape index (κ1) is 11.3. The van der Waals surface area contributed by atoms with Crippen LogP contribution < -0.4 is 9.80 Å². The average molecular weight is 242 g/mol. The molecule has 0 amide bonds. The minimum Gasteiger partial charge on any atom is -0.357 e. The molecule has 94 valence electrons. The van der Waals surface area contributed by atoms with Gasteiger partial charge < -0.3 is 9.80 Å². The lowest BCUT2D eigenvalue weighted by molar-refractivity contribution is 0.898. The van der Waals surface area contributed by atoms with Crippen molar-refractivity contribution in [2.75, 3.05) is 36.0 Å². The quantitative estimate of drug-likeness (QED) is 0.797. The van der Waals surface area contributed by atoms with Crippen molar-refractivity contribution in [3.8, 4) is 6.07 Å². The lowest BCUT2D eigenvalue weighted by Gasteiger charge is -2.22. The Labute approximate surface area is 108 Å². The molecule has 0 aromatic carbocycles. The van der Waals surface area contributed by atoms with Crippen molar-refractivity contribution in [2.45, 2.75) is 25.7 Å². The van der Waals surface area contributed by atoms with Crippen molar-refractivity contribution in [2.24, 2.45) is 0 Å². The molecule has 0 atom stereocenters. The number of rotatable bonds is 2. The van der Waals surface area contributed by atoms with Crippen LogP contribution in [0.2, 0.25) is 0 Å². The molecule has 0 N–H and O–H groups in total. The van der Waals surface area contributed by atoms with Crippen LogP contribution in [0.3, 0.4) is 0 Å². The summed E-state index contributed by atoms with van der Waals surface area (Å²) in [6, 6.07) is 6.18. The Balaban J connectivity index is 1.93. The van der Waals surface area contributed by atoms with Gasteiger partial charge in [0.1, 0.15) is 17.7 Å². The Hall–Kier alpha value is -1.76. The molecule has 18 heavy (non-hydrogen) atoms. The third-order valence-electron chi connectivity index (χ3n) is 3.82.